The molecule has 0 unspecified atom stereocenters. The molecule has 5 aromatic rings. The summed E-state index contributed by atoms with van der Waals surface area (Å²) in [4.78, 5) is 36.8. The van der Waals surface area contributed by atoms with Crippen molar-refractivity contribution in [2.24, 2.45) is 0 Å². The van der Waals surface area contributed by atoms with Gasteiger partial charge in [0.25, 0.3) is 0 Å². The second-order valence-corrected chi connectivity index (χ2v) is 8.12. The van der Waals surface area contributed by atoms with Gasteiger partial charge in [0.15, 0.2) is 0 Å². The van der Waals surface area contributed by atoms with Crippen LogP contribution in [0.1, 0.15) is 10.4 Å². The van der Waals surface area contributed by atoms with Crippen LogP contribution in [-0.4, -0.2) is 27.2 Å². The summed E-state index contributed by atoms with van der Waals surface area (Å²) in [6, 6.07) is 22.4. The number of nitrogens with zero attached hydrogens (tertiary/aromatic N) is 2. The van der Waals surface area contributed by atoms with Crippen molar-refractivity contribution in [1.29, 1.82) is 0 Å². The van der Waals surface area contributed by atoms with Crippen molar-refractivity contribution in [2.75, 3.05) is 0 Å². The Morgan fingerprint density at radius 3 is 2.07 bits per heavy atom. The predicted molar refractivity (Wildman–Crippen MR) is 114 cm³/mol. The number of aromatic carboxylic acids is 1. The molecule has 146 valence electrons. The maximum Gasteiger partial charge on any atom is 0.373 e. The van der Waals surface area contributed by atoms with Crippen molar-refractivity contribution in [3.8, 4) is 21.1 Å². The fourth-order valence-corrected chi connectivity index (χ4v) is 4.81. The summed E-state index contributed by atoms with van der Waals surface area (Å²) in [7, 11) is 0. The van der Waals surface area contributed by atoms with Crippen molar-refractivity contribution in [1.82, 2.24) is 9.97 Å². The zero-order valence-electron chi connectivity index (χ0n) is 15.2. The van der Waals surface area contributed by atoms with Gasteiger partial charge in [0.2, 0.25) is 0 Å². The van der Waals surface area contributed by atoms with Crippen molar-refractivity contribution in [3.05, 3.63) is 72.3 Å². The van der Waals surface area contributed by atoms with Gasteiger partial charge in [0.1, 0.15) is 0 Å². The Hall–Kier alpha value is -3.71. The Balaban J connectivity index is 0.000000687. The lowest BCUT2D eigenvalue weighted by atomic mass is 10.1. The second kappa shape index (κ2) is 8.34. The number of carboxylic acids is 1. The molecule has 0 bridgehead atoms. The number of hydrogen-bond acceptors (Lipinski definition) is 7. The van der Waals surface area contributed by atoms with Gasteiger partial charge < -0.3 is 5.11 Å². The molecule has 0 atom stereocenters. The van der Waals surface area contributed by atoms with Gasteiger partial charge in [-0.05, 0) is 30.3 Å². The fraction of sp³-hybridized carbons (Fsp3) is 0. The Labute approximate surface area is 178 Å². The lowest BCUT2D eigenvalue weighted by Gasteiger charge is -2.07. The number of para-hydroxylation sites is 1. The summed E-state index contributed by atoms with van der Waals surface area (Å²) in [5, 5.41) is 10.9. The van der Waals surface area contributed by atoms with Crippen LogP contribution in [0.4, 0.5) is 0 Å². The molecule has 0 aliphatic carbocycles. The van der Waals surface area contributed by atoms with Gasteiger partial charge in [-0.25, -0.2) is 4.79 Å². The molecule has 0 saturated carbocycles. The number of carboxylic acid groups (broad SMARTS) is 1. The average Bonchev–Trinajstić information content (AvgIpc) is 3.38. The Bertz CT molecular complexity index is 1380. The van der Waals surface area contributed by atoms with E-state index in [1.165, 1.54) is 11.3 Å². The molecule has 0 saturated heterocycles. The van der Waals surface area contributed by atoms with E-state index >= 15 is 0 Å². The van der Waals surface area contributed by atoms with Gasteiger partial charge in [-0.2, -0.15) is 32.3 Å². The lowest BCUT2D eigenvalue weighted by Crippen LogP contribution is -1.94. The summed E-state index contributed by atoms with van der Waals surface area (Å²) in [5.74, 6) is -0.934. The molecule has 6 nitrogen and oxygen atoms in total. The highest BCUT2D eigenvalue weighted by Crippen LogP contribution is 2.34. The first-order valence-electron chi connectivity index (χ1n) is 8.61. The van der Waals surface area contributed by atoms with E-state index in [1.807, 2.05) is 36.4 Å². The van der Waals surface area contributed by atoms with Gasteiger partial charge >= 0.3 is 12.1 Å². The highest BCUT2D eigenvalue weighted by Gasteiger charge is 2.08. The molecule has 2 aromatic heterocycles. The van der Waals surface area contributed by atoms with Crippen molar-refractivity contribution in [2.45, 2.75) is 0 Å². The minimum atomic E-state index is -0.934. The van der Waals surface area contributed by atoms with E-state index in [9.17, 15) is 4.79 Å². The number of rotatable bonds is 3. The molecule has 0 fully saturated rings. The van der Waals surface area contributed by atoms with Gasteiger partial charge in [0, 0.05) is 9.40 Å². The SMILES string of the molecule is O=C(O)c1ccc2nc(-c3[c-]c(-c4nc5ccccc5s4)ccc3)sc2c1.O=C=O. The molecule has 1 N–H and O–H groups in total. The van der Waals surface area contributed by atoms with Gasteiger partial charge in [-0.1, -0.05) is 23.3 Å². The summed E-state index contributed by atoms with van der Waals surface area (Å²) in [6.45, 7) is 0. The topological polar surface area (TPSA) is 97.2 Å². The molecular weight excluding hydrogens is 420 g/mol. The zero-order valence-corrected chi connectivity index (χ0v) is 16.8. The van der Waals surface area contributed by atoms with Crippen molar-refractivity contribution >= 4 is 55.2 Å². The molecule has 0 amide bonds. The molecule has 0 aliphatic heterocycles. The molecule has 8 heteroatoms. The molecule has 30 heavy (non-hydrogen) atoms. The van der Waals surface area contributed by atoms with Crippen LogP contribution in [0.3, 0.4) is 0 Å². The molecule has 3 aromatic carbocycles. The third-order valence-electron chi connectivity index (χ3n) is 4.19. The number of benzene rings is 3. The Morgan fingerprint density at radius 1 is 0.833 bits per heavy atom. The second-order valence-electron chi connectivity index (χ2n) is 6.05. The van der Waals surface area contributed by atoms with Crippen LogP contribution in [0.2, 0.25) is 0 Å². The number of carbonyl (C=O) groups is 1. The zero-order chi connectivity index (χ0) is 21.1. The minimum Gasteiger partial charge on any atom is -0.478 e. The monoisotopic (exact) mass is 431 g/mol. The van der Waals surface area contributed by atoms with Crippen molar-refractivity contribution < 1.29 is 19.5 Å². The Kier molecular flexibility index (Phi) is 5.45. The van der Waals surface area contributed by atoms with Gasteiger partial charge in [-0.15, -0.1) is 24.3 Å². The van der Waals surface area contributed by atoms with Crippen LogP contribution >= 0.6 is 22.7 Å². The first kappa shape index (κ1) is 19.6. The highest BCUT2D eigenvalue weighted by molar-refractivity contribution is 7.22. The molecular formula is C22H11N2O4S2-. The van der Waals surface area contributed by atoms with Crippen LogP contribution < -0.4 is 0 Å². The largest absolute Gasteiger partial charge is 0.478 e. The van der Waals surface area contributed by atoms with Crippen molar-refractivity contribution in [3.63, 3.8) is 0 Å². The van der Waals surface area contributed by atoms with Gasteiger partial charge in [-0.3, -0.25) is 9.97 Å². The lowest BCUT2D eigenvalue weighted by molar-refractivity contribution is -0.191. The third kappa shape index (κ3) is 3.88. The summed E-state index contributed by atoms with van der Waals surface area (Å²) in [6.07, 6.45) is 0.250. The number of aromatic nitrogens is 2. The normalized spacial score (nSPS) is 10.4. The average molecular weight is 431 g/mol. The number of carbonyl (C=O) groups excluding carboxylic acids is 2. The van der Waals surface area contributed by atoms with E-state index in [1.54, 1.807) is 29.5 Å². The maximum atomic E-state index is 11.2. The molecule has 2 heterocycles. The Morgan fingerprint density at radius 2 is 1.43 bits per heavy atom. The van der Waals surface area contributed by atoms with E-state index in [0.717, 1.165) is 41.6 Å². The summed E-state index contributed by atoms with van der Waals surface area (Å²) in [5.41, 5.74) is 3.85. The standard InChI is InChI=1S/C21H11N2O2S2.CO2/c24-21(25)14-8-9-16-18(11-14)27-20(23-16)13-5-3-4-12(10-13)19-22-15-6-1-2-7-17(15)26-19;2-1-3/h1-9,11H,(H,24,25);/q-1;. The number of fused-ring (bicyclic) bond motifs is 2. The predicted octanol–water partition coefficient (Wildman–Crippen LogP) is 5.15. The smallest absolute Gasteiger partial charge is 0.373 e. The van der Waals surface area contributed by atoms with Crippen LogP contribution in [-0.2, 0) is 9.59 Å². The van der Waals surface area contributed by atoms with E-state index < -0.39 is 5.97 Å². The highest BCUT2D eigenvalue weighted by atomic mass is 32.1. The van der Waals surface area contributed by atoms with Crippen LogP contribution in [0, 0.1) is 6.07 Å². The summed E-state index contributed by atoms with van der Waals surface area (Å²) >= 11 is 3.11. The molecule has 0 aliphatic rings. The minimum absolute atomic E-state index is 0.250. The van der Waals surface area contributed by atoms with E-state index in [-0.39, 0.29) is 11.7 Å². The van der Waals surface area contributed by atoms with Crippen LogP contribution in [0.15, 0.2) is 60.7 Å². The maximum absolute atomic E-state index is 11.2. The third-order valence-corrected chi connectivity index (χ3v) is 6.31. The quantitative estimate of drug-likeness (QED) is 0.397. The van der Waals surface area contributed by atoms with Crippen LogP contribution in [0.25, 0.3) is 41.6 Å². The first-order chi connectivity index (χ1) is 14.6. The van der Waals surface area contributed by atoms with E-state index in [2.05, 4.69) is 17.1 Å². The first-order valence-corrected chi connectivity index (χ1v) is 10.2. The summed E-state index contributed by atoms with van der Waals surface area (Å²) < 4.78 is 2.00. The fourth-order valence-electron chi connectivity index (χ4n) is 2.88. The molecule has 5 rings (SSSR count). The number of thiazole rings is 2. The van der Waals surface area contributed by atoms with Gasteiger partial charge in [0.05, 0.1) is 26.6 Å². The molecule has 0 spiro atoms. The van der Waals surface area contributed by atoms with E-state index in [0.29, 0.717) is 0 Å². The van der Waals surface area contributed by atoms with Crippen LogP contribution in [0.5, 0.6) is 0 Å². The van der Waals surface area contributed by atoms with E-state index in [4.69, 9.17) is 19.7 Å². The number of hydrogen-bond donors (Lipinski definition) is 1. The molecule has 0 radical (unpaired) electrons.